The van der Waals surface area contributed by atoms with E-state index in [1.54, 1.807) is 19.9 Å². The molecule has 1 atom stereocenters. The number of methoxy groups -OCH3 is 1. The predicted octanol–water partition coefficient (Wildman–Crippen LogP) is 2.07. The van der Waals surface area contributed by atoms with E-state index in [-0.39, 0.29) is 10.9 Å². The fraction of sp³-hybridized carbons (Fsp3) is 0.571. The van der Waals surface area contributed by atoms with Crippen LogP contribution in [0.15, 0.2) is 17.0 Å². The molecule has 0 spiro atoms. The highest BCUT2D eigenvalue weighted by Crippen LogP contribution is 2.24. The van der Waals surface area contributed by atoms with E-state index >= 15 is 0 Å². The molecule has 0 aliphatic heterocycles. The zero-order chi connectivity index (χ0) is 16.0. The fourth-order valence-electron chi connectivity index (χ4n) is 2.04. The van der Waals surface area contributed by atoms with Gasteiger partial charge in [0.25, 0.3) is 0 Å². The van der Waals surface area contributed by atoms with Gasteiger partial charge in [-0.3, -0.25) is 0 Å². The lowest BCUT2D eigenvalue weighted by molar-refractivity contribution is 0.180. The Labute approximate surface area is 132 Å². The molecule has 5 nitrogen and oxygen atoms in total. The van der Waals surface area contributed by atoms with Crippen LogP contribution in [0.3, 0.4) is 0 Å². The molecule has 21 heavy (non-hydrogen) atoms. The highest BCUT2D eigenvalue weighted by molar-refractivity contribution is 7.89. The lowest BCUT2D eigenvalue weighted by Gasteiger charge is -2.17. The molecule has 0 fully saturated rings. The van der Waals surface area contributed by atoms with Crippen LogP contribution >= 0.6 is 11.6 Å². The topological polar surface area (TPSA) is 67.4 Å². The number of halogens is 1. The van der Waals surface area contributed by atoms with Gasteiger partial charge in [-0.25, -0.2) is 13.1 Å². The maximum Gasteiger partial charge on any atom is 0.241 e. The van der Waals surface area contributed by atoms with Gasteiger partial charge in [-0.1, -0.05) is 18.5 Å². The number of hydrogen-bond acceptors (Lipinski definition) is 4. The molecular weight excluding hydrogens is 312 g/mol. The van der Waals surface area contributed by atoms with Gasteiger partial charge in [0.2, 0.25) is 10.0 Å². The minimum atomic E-state index is -3.62. The molecule has 0 aliphatic carbocycles. The van der Waals surface area contributed by atoms with Crippen LogP contribution < -0.4 is 10.0 Å². The van der Waals surface area contributed by atoms with Gasteiger partial charge in [0.1, 0.15) is 0 Å². The first kappa shape index (κ1) is 18.4. The number of hydrogen-bond donors (Lipinski definition) is 2. The van der Waals surface area contributed by atoms with Gasteiger partial charge >= 0.3 is 0 Å². The Morgan fingerprint density at radius 3 is 2.62 bits per heavy atom. The van der Waals surface area contributed by atoms with E-state index in [0.717, 1.165) is 12.1 Å². The Kier molecular flexibility index (Phi) is 7.09. The average Bonchev–Trinajstić information content (AvgIpc) is 2.38. The summed E-state index contributed by atoms with van der Waals surface area (Å²) >= 11 is 6.06. The number of ether oxygens (including phenoxy) is 1. The third-order valence-corrected chi connectivity index (χ3v) is 4.99. The van der Waals surface area contributed by atoms with Crippen LogP contribution in [-0.4, -0.2) is 34.7 Å². The number of benzene rings is 1. The summed E-state index contributed by atoms with van der Waals surface area (Å²) < 4.78 is 32.5. The molecule has 0 radical (unpaired) electrons. The summed E-state index contributed by atoms with van der Waals surface area (Å²) in [6.45, 7) is 7.23. The molecule has 0 saturated carbocycles. The second-order valence-corrected chi connectivity index (χ2v) is 7.06. The first-order valence-electron chi connectivity index (χ1n) is 6.82. The Bertz CT molecular complexity index is 576. The molecule has 0 aliphatic rings. The molecule has 0 heterocycles. The van der Waals surface area contributed by atoms with Crippen LogP contribution in [-0.2, 0) is 21.3 Å². The van der Waals surface area contributed by atoms with Gasteiger partial charge in [-0.15, -0.1) is 0 Å². The summed E-state index contributed by atoms with van der Waals surface area (Å²) in [6, 6.07) is 2.96. The summed E-state index contributed by atoms with van der Waals surface area (Å²) in [5.41, 5.74) is 1.58. The molecule has 7 heteroatoms. The van der Waals surface area contributed by atoms with E-state index in [1.165, 1.54) is 13.2 Å². The number of nitrogens with one attached hydrogen (secondary N) is 2. The monoisotopic (exact) mass is 334 g/mol. The van der Waals surface area contributed by atoms with E-state index in [4.69, 9.17) is 16.3 Å². The van der Waals surface area contributed by atoms with Crippen molar-refractivity contribution in [1.82, 2.24) is 10.0 Å². The zero-order valence-corrected chi connectivity index (χ0v) is 14.4. The van der Waals surface area contributed by atoms with Gasteiger partial charge in [-0.2, -0.15) is 0 Å². The molecule has 0 bridgehead atoms. The van der Waals surface area contributed by atoms with Gasteiger partial charge in [0.05, 0.1) is 11.5 Å². The van der Waals surface area contributed by atoms with E-state index in [1.807, 2.05) is 6.92 Å². The van der Waals surface area contributed by atoms with Crippen LogP contribution in [0.4, 0.5) is 0 Å². The number of rotatable bonds is 8. The van der Waals surface area contributed by atoms with Crippen molar-refractivity contribution in [2.24, 2.45) is 0 Å². The number of sulfonamides is 1. The highest BCUT2D eigenvalue weighted by atomic mass is 35.5. The third kappa shape index (κ3) is 5.23. The minimum absolute atomic E-state index is 0.214. The highest BCUT2D eigenvalue weighted by Gasteiger charge is 2.21. The van der Waals surface area contributed by atoms with Crippen molar-refractivity contribution in [3.63, 3.8) is 0 Å². The molecule has 0 aromatic heterocycles. The molecule has 2 N–H and O–H groups in total. The summed E-state index contributed by atoms with van der Waals surface area (Å²) in [5.74, 6) is 0. The zero-order valence-electron chi connectivity index (χ0n) is 12.9. The smallest absolute Gasteiger partial charge is 0.241 e. The maximum atomic E-state index is 12.5. The lowest BCUT2D eigenvalue weighted by Crippen LogP contribution is -2.36. The van der Waals surface area contributed by atoms with Crippen molar-refractivity contribution in [2.75, 3.05) is 20.3 Å². The van der Waals surface area contributed by atoms with Crippen LogP contribution in [0.5, 0.6) is 0 Å². The van der Waals surface area contributed by atoms with Crippen LogP contribution in [0.25, 0.3) is 0 Å². The molecule has 1 unspecified atom stereocenters. The van der Waals surface area contributed by atoms with Crippen molar-refractivity contribution < 1.29 is 13.2 Å². The Hall–Kier alpha value is -0.660. The molecule has 120 valence electrons. The van der Waals surface area contributed by atoms with Crippen molar-refractivity contribution in [3.8, 4) is 0 Å². The van der Waals surface area contributed by atoms with Crippen molar-refractivity contribution >= 4 is 21.6 Å². The van der Waals surface area contributed by atoms with Crippen LogP contribution in [0, 0.1) is 6.92 Å². The molecule has 0 amide bonds. The van der Waals surface area contributed by atoms with Crippen molar-refractivity contribution in [3.05, 3.63) is 28.3 Å². The Morgan fingerprint density at radius 1 is 1.38 bits per heavy atom. The van der Waals surface area contributed by atoms with Gasteiger partial charge in [0.15, 0.2) is 0 Å². The van der Waals surface area contributed by atoms with Crippen LogP contribution in [0.1, 0.15) is 25.0 Å². The van der Waals surface area contributed by atoms with Gasteiger partial charge in [0, 0.05) is 24.7 Å². The van der Waals surface area contributed by atoms with Crippen molar-refractivity contribution in [2.45, 2.75) is 38.3 Å². The standard InChI is InChI=1S/C14H23ClN2O3S/c1-5-16-8-12-6-13(15)7-14(11(12)3)21(18,19)17-10(2)9-20-4/h6-7,10,16-17H,5,8-9H2,1-4H3. The Balaban J connectivity index is 3.13. The van der Waals surface area contributed by atoms with E-state index in [0.29, 0.717) is 23.7 Å². The van der Waals surface area contributed by atoms with Gasteiger partial charge < -0.3 is 10.1 Å². The summed E-state index contributed by atoms with van der Waals surface area (Å²) in [4.78, 5) is 0.214. The van der Waals surface area contributed by atoms with E-state index in [2.05, 4.69) is 10.0 Å². The SMILES string of the molecule is CCNCc1cc(Cl)cc(S(=O)(=O)NC(C)COC)c1C. The second-order valence-electron chi connectivity index (χ2n) is 4.95. The van der Waals surface area contributed by atoms with Crippen LogP contribution in [0.2, 0.25) is 5.02 Å². The van der Waals surface area contributed by atoms with Gasteiger partial charge in [-0.05, 0) is 43.7 Å². The third-order valence-electron chi connectivity index (χ3n) is 3.06. The molecular formula is C14H23ClN2O3S. The maximum absolute atomic E-state index is 12.5. The summed E-state index contributed by atoms with van der Waals surface area (Å²) in [6.07, 6.45) is 0. The summed E-state index contributed by atoms with van der Waals surface area (Å²) in [5, 5.41) is 3.59. The Morgan fingerprint density at radius 2 is 2.05 bits per heavy atom. The van der Waals surface area contributed by atoms with E-state index in [9.17, 15) is 8.42 Å². The van der Waals surface area contributed by atoms with Crippen molar-refractivity contribution in [1.29, 1.82) is 0 Å². The predicted molar refractivity (Wildman–Crippen MR) is 85.2 cm³/mol. The normalized spacial score (nSPS) is 13.4. The van der Waals surface area contributed by atoms with E-state index < -0.39 is 10.0 Å². The molecule has 1 aromatic rings. The quantitative estimate of drug-likeness (QED) is 0.763. The second kappa shape index (κ2) is 8.10. The largest absolute Gasteiger partial charge is 0.383 e. The molecule has 1 aromatic carbocycles. The molecule has 0 saturated heterocycles. The average molecular weight is 335 g/mol. The summed E-state index contributed by atoms with van der Waals surface area (Å²) in [7, 11) is -2.09. The fourth-order valence-corrected chi connectivity index (χ4v) is 3.89. The first-order chi connectivity index (χ1) is 9.81. The first-order valence-corrected chi connectivity index (χ1v) is 8.69. The molecule has 1 rings (SSSR count). The lowest BCUT2D eigenvalue weighted by atomic mass is 10.1. The minimum Gasteiger partial charge on any atom is -0.383 e.